The van der Waals surface area contributed by atoms with Crippen molar-refractivity contribution in [2.75, 3.05) is 6.61 Å². The summed E-state index contributed by atoms with van der Waals surface area (Å²) in [4.78, 5) is 17.5. The fourth-order valence-electron chi connectivity index (χ4n) is 1.37. The number of nitrogens with zero attached hydrogens (tertiary/aromatic N) is 5. The van der Waals surface area contributed by atoms with E-state index in [-0.39, 0.29) is 0 Å². The first-order valence-corrected chi connectivity index (χ1v) is 5.30. The third-order valence-corrected chi connectivity index (χ3v) is 2.12. The standard InChI is InChI=1S/C10H11N5O3/c1-2-18-9-4-3-8(11-5-9)6-14-7-12-10(13-14)15(16)17/h3-5,7H,2,6H2,1H3. The molecule has 2 rings (SSSR count). The van der Waals surface area contributed by atoms with Crippen molar-refractivity contribution in [3.8, 4) is 5.75 Å². The maximum Gasteiger partial charge on any atom is 0.490 e. The van der Waals surface area contributed by atoms with Crippen molar-refractivity contribution < 1.29 is 9.66 Å². The maximum absolute atomic E-state index is 10.4. The maximum atomic E-state index is 10.4. The van der Waals surface area contributed by atoms with Crippen LogP contribution in [0.4, 0.5) is 5.95 Å². The Hall–Kier alpha value is -2.51. The Morgan fingerprint density at radius 3 is 2.83 bits per heavy atom. The molecule has 0 bridgehead atoms. The van der Waals surface area contributed by atoms with Gasteiger partial charge < -0.3 is 14.9 Å². The smallest absolute Gasteiger partial charge is 0.490 e. The highest BCUT2D eigenvalue weighted by Crippen LogP contribution is 2.10. The van der Waals surface area contributed by atoms with E-state index >= 15 is 0 Å². The van der Waals surface area contributed by atoms with Gasteiger partial charge in [-0.1, -0.05) is 4.98 Å². The van der Waals surface area contributed by atoms with Gasteiger partial charge in [-0.25, -0.2) is 0 Å². The van der Waals surface area contributed by atoms with Gasteiger partial charge in [-0.3, -0.25) is 4.98 Å². The van der Waals surface area contributed by atoms with E-state index in [9.17, 15) is 10.1 Å². The minimum absolute atomic E-state index is 0.327. The zero-order chi connectivity index (χ0) is 13.0. The lowest BCUT2D eigenvalue weighted by Gasteiger charge is -2.02. The molecule has 8 heteroatoms. The molecular weight excluding hydrogens is 238 g/mol. The Kier molecular flexibility index (Phi) is 3.46. The Morgan fingerprint density at radius 2 is 2.28 bits per heavy atom. The fourth-order valence-corrected chi connectivity index (χ4v) is 1.37. The molecule has 0 fully saturated rings. The number of nitro groups is 1. The van der Waals surface area contributed by atoms with Crippen LogP contribution < -0.4 is 4.74 Å². The first kappa shape index (κ1) is 12.0. The van der Waals surface area contributed by atoms with Crippen molar-refractivity contribution in [1.82, 2.24) is 19.7 Å². The molecule has 0 atom stereocenters. The molecule has 0 saturated heterocycles. The Bertz CT molecular complexity index is 537. The van der Waals surface area contributed by atoms with Crippen LogP contribution in [0.2, 0.25) is 0 Å². The molecular formula is C10H11N5O3. The van der Waals surface area contributed by atoms with Gasteiger partial charge in [-0.2, -0.15) is 4.68 Å². The normalized spacial score (nSPS) is 10.3. The molecule has 2 aromatic heterocycles. The second kappa shape index (κ2) is 5.21. The van der Waals surface area contributed by atoms with E-state index in [4.69, 9.17) is 4.74 Å². The number of aromatic nitrogens is 4. The summed E-state index contributed by atoms with van der Waals surface area (Å²) in [6.45, 7) is 2.80. The zero-order valence-electron chi connectivity index (χ0n) is 9.68. The molecule has 0 radical (unpaired) electrons. The summed E-state index contributed by atoms with van der Waals surface area (Å²) in [6.07, 6.45) is 2.90. The van der Waals surface area contributed by atoms with Gasteiger partial charge in [0.05, 0.1) is 18.5 Å². The van der Waals surface area contributed by atoms with Gasteiger partial charge in [0.2, 0.25) is 6.33 Å². The third-order valence-electron chi connectivity index (χ3n) is 2.12. The topological polar surface area (TPSA) is 96.0 Å². The van der Waals surface area contributed by atoms with Gasteiger partial charge >= 0.3 is 5.95 Å². The van der Waals surface area contributed by atoms with Crippen LogP contribution in [0, 0.1) is 10.1 Å². The van der Waals surface area contributed by atoms with Crippen LogP contribution in [0.1, 0.15) is 12.6 Å². The average Bonchev–Trinajstić information content (AvgIpc) is 2.81. The van der Waals surface area contributed by atoms with E-state index in [0.717, 1.165) is 5.69 Å². The predicted molar refractivity (Wildman–Crippen MR) is 61.2 cm³/mol. The minimum atomic E-state index is -0.637. The van der Waals surface area contributed by atoms with Gasteiger partial charge in [-0.05, 0) is 24.0 Å². The van der Waals surface area contributed by atoms with Crippen LogP contribution in [0.5, 0.6) is 5.75 Å². The number of pyridine rings is 1. The fraction of sp³-hybridized carbons (Fsp3) is 0.300. The molecule has 0 unspecified atom stereocenters. The Balaban J connectivity index is 2.06. The molecule has 0 N–H and O–H groups in total. The number of ether oxygens (including phenoxy) is 1. The lowest BCUT2D eigenvalue weighted by atomic mass is 10.3. The highest BCUT2D eigenvalue weighted by Gasteiger charge is 2.13. The van der Waals surface area contributed by atoms with Crippen LogP contribution in [-0.4, -0.2) is 31.3 Å². The second-order valence-corrected chi connectivity index (χ2v) is 3.42. The molecule has 0 spiro atoms. The summed E-state index contributed by atoms with van der Waals surface area (Å²) in [6, 6.07) is 3.57. The first-order chi connectivity index (χ1) is 8.69. The van der Waals surface area contributed by atoms with E-state index in [1.165, 1.54) is 11.0 Å². The van der Waals surface area contributed by atoms with Crippen LogP contribution in [0.15, 0.2) is 24.7 Å². The summed E-state index contributed by atoms with van der Waals surface area (Å²) < 4.78 is 6.62. The number of hydrogen-bond acceptors (Lipinski definition) is 6. The van der Waals surface area contributed by atoms with E-state index in [1.54, 1.807) is 18.3 Å². The van der Waals surface area contributed by atoms with Crippen molar-refractivity contribution >= 4 is 5.95 Å². The Morgan fingerprint density at radius 1 is 1.44 bits per heavy atom. The van der Waals surface area contributed by atoms with Crippen molar-refractivity contribution in [3.63, 3.8) is 0 Å². The molecule has 0 amide bonds. The van der Waals surface area contributed by atoms with Crippen LogP contribution >= 0.6 is 0 Å². The predicted octanol–water partition coefficient (Wildman–Crippen LogP) is 1.03. The Labute approximate surface area is 102 Å². The molecule has 2 aromatic rings. The molecule has 18 heavy (non-hydrogen) atoms. The SMILES string of the molecule is CCOc1ccc(Cn2cnc([N+](=O)[O-])n2)nc1. The summed E-state index contributed by atoms with van der Waals surface area (Å²) >= 11 is 0. The number of rotatable bonds is 5. The molecule has 8 nitrogen and oxygen atoms in total. The van der Waals surface area contributed by atoms with Crippen LogP contribution in [0.25, 0.3) is 0 Å². The van der Waals surface area contributed by atoms with Crippen molar-refractivity contribution in [3.05, 3.63) is 40.5 Å². The number of hydrogen-bond donors (Lipinski definition) is 0. The van der Waals surface area contributed by atoms with Gasteiger partial charge in [0.15, 0.2) is 0 Å². The minimum Gasteiger partial charge on any atom is -0.492 e. The summed E-state index contributed by atoms with van der Waals surface area (Å²) in [7, 11) is 0. The van der Waals surface area contributed by atoms with Gasteiger partial charge in [0, 0.05) is 5.10 Å². The van der Waals surface area contributed by atoms with E-state index in [2.05, 4.69) is 15.1 Å². The quantitative estimate of drug-likeness (QED) is 0.580. The molecule has 0 aliphatic heterocycles. The highest BCUT2D eigenvalue weighted by molar-refractivity contribution is 5.19. The van der Waals surface area contributed by atoms with Crippen molar-refractivity contribution in [2.45, 2.75) is 13.5 Å². The first-order valence-electron chi connectivity index (χ1n) is 5.30. The molecule has 2 heterocycles. The lowest BCUT2D eigenvalue weighted by Crippen LogP contribution is -2.03. The molecule has 94 valence electrons. The third kappa shape index (κ3) is 2.78. The van der Waals surface area contributed by atoms with Crippen molar-refractivity contribution in [1.29, 1.82) is 0 Å². The van der Waals surface area contributed by atoms with Crippen LogP contribution in [-0.2, 0) is 6.54 Å². The largest absolute Gasteiger partial charge is 0.492 e. The van der Waals surface area contributed by atoms with Gasteiger partial charge in [0.25, 0.3) is 0 Å². The molecule has 0 aromatic carbocycles. The molecule has 0 aliphatic rings. The van der Waals surface area contributed by atoms with E-state index in [0.29, 0.717) is 18.9 Å². The van der Waals surface area contributed by atoms with E-state index in [1.807, 2.05) is 6.92 Å². The molecule has 0 aliphatic carbocycles. The van der Waals surface area contributed by atoms with Gasteiger partial charge in [-0.15, -0.1) is 0 Å². The summed E-state index contributed by atoms with van der Waals surface area (Å²) in [5.41, 5.74) is 0.721. The monoisotopic (exact) mass is 249 g/mol. The molecule has 0 saturated carbocycles. The zero-order valence-corrected chi connectivity index (χ0v) is 9.68. The van der Waals surface area contributed by atoms with E-state index < -0.39 is 10.9 Å². The highest BCUT2D eigenvalue weighted by atomic mass is 16.6. The average molecular weight is 249 g/mol. The van der Waals surface area contributed by atoms with Crippen molar-refractivity contribution in [2.24, 2.45) is 0 Å². The summed E-state index contributed by atoms with van der Waals surface area (Å²) in [5.74, 6) is 0.270. The lowest BCUT2D eigenvalue weighted by molar-refractivity contribution is -0.394. The van der Waals surface area contributed by atoms with Crippen LogP contribution in [0.3, 0.4) is 0 Å². The van der Waals surface area contributed by atoms with Gasteiger partial charge in [0.1, 0.15) is 12.3 Å². The second-order valence-electron chi connectivity index (χ2n) is 3.42. The summed E-state index contributed by atoms with van der Waals surface area (Å²) in [5, 5.41) is 14.1.